The number of alkyl halides is 1. The highest BCUT2D eigenvalue weighted by atomic mass is 127. The molecule has 3 heteroatoms. The van der Waals surface area contributed by atoms with Gasteiger partial charge in [-0.2, -0.15) is 0 Å². The third-order valence-corrected chi connectivity index (χ3v) is 3.72. The van der Waals surface area contributed by atoms with Gasteiger partial charge in [-0.05, 0) is 52.6 Å². The van der Waals surface area contributed by atoms with E-state index in [-0.39, 0.29) is 0 Å². The van der Waals surface area contributed by atoms with Crippen molar-refractivity contribution in [2.24, 2.45) is 0 Å². The van der Waals surface area contributed by atoms with E-state index in [0.717, 1.165) is 12.1 Å². The Balaban J connectivity index is 2.23. The maximum atomic E-state index is 3.64. The molecule has 2 nitrogen and oxygen atoms in total. The van der Waals surface area contributed by atoms with Crippen molar-refractivity contribution in [3.05, 3.63) is 0 Å². The Hall–Kier alpha value is 0.650. The molecule has 0 radical (unpaired) electrons. The fraction of sp³-hybridized carbons (Fsp3) is 1.00. The smallest absolute Gasteiger partial charge is 0.0567 e. The number of hydrogen-bond donors (Lipinski definition) is 1. The van der Waals surface area contributed by atoms with Crippen LogP contribution in [-0.4, -0.2) is 34.6 Å². The Morgan fingerprint density at radius 1 is 1.33 bits per heavy atom. The van der Waals surface area contributed by atoms with Gasteiger partial charge in [0, 0.05) is 12.1 Å². The van der Waals surface area contributed by atoms with Crippen molar-refractivity contribution in [3.8, 4) is 0 Å². The maximum Gasteiger partial charge on any atom is 0.0567 e. The van der Waals surface area contributed by atoms with Crippen molar-refractivity contribution < 1.29 is 0 Å². The molecule has 1 saturated carbocycles. The Bertz CT molecular complexity index is 165. The molecule has 0 heterocycles. The van der Waals surface area contributed by atoms with Crippen LogP contribution < -0.4 is 5.32 Å². The zero-order valence-electron chi connectivity index (χ0n) is 10.3. The molecule has 1 aliphatic carbocycles. The molecule has 1 rings (SSSR count). The topological polar surface area (TPSA) is 15.3 Å². The summed E-state index contributed by atoms with van der Waals surface area (Å²) in [5, 5.41) is 3.64. The van der Waals surface area contributed by atoms with Crippen LogP contribution in [0.4, 0.5) is 0 Å². The predicted molar refractivity (Wildman–Crippen MR) is 75.6 cm³/mol. The fourth-order valence-electron chi connectivity index (χ4n) is 2.54. The lowest BCUT2D eigenvalue weighted by Gasteiger charge is -2.35. The second-order valence-corrected chi connectivity index (χ2v) is 6.64. The predicted octanol–water partition coefficient (Wildman–Crippen LogP) is 3.01. The average Bonchev–Trinajstić information content (AvgIpc) is 2.18. The molecule has 0 aromatic heterocycles. The molecule has 0 aliphatic heterocycles. The van der Waals surface area contributed by atoms with Crippen molar-refractivity contribution in [1.29, 1.82) is 0 Å². The van der Waals surface area contributed by atoms with Crippen molar-refractivity contribution in [2.75, 3.05) is 13.6 Å². The minimum atomic E-state index is 0.609. The second kappa shape index (κ2) is 7.07. The molecule has 0 spiro atoms. The Morgan fingerprint density at radius 2 is 1.93 bits per heavy atom. The van der Waals surface area contributed by atoms with Crippen LogP contribution in [-0.2, 0) is 0 Å². The van der Waals surface area contributed by atoms with Gasteiger partial charge in [-0.25, -0.2) is 0 Å². The lowest BCUT2D eigenvalue weighted by Crippen LogP contribution is -2.42. The average molecular weight is 324 g/mol. The van der Waals surface area contributed by atoms with Gasteiger partial charge in [-0.3, -0.25) is 0 Å². The Labute approximate surface area is 108 Å². The van der Waals surface area contributed by atoms with E-state index in [2.05, 4.69) is 53.7 Å². The molecule has 0 aromatic rings. The van der Waals surface area contributed by atoms with Crippen LogP contribution in [0, 0.1) is 0 Å². The number of hydrogen-bond acceptors (Lipinski definition) is 2. The number of halogens is 1. The molecule has 1 aliphatic rings. The van der Waals surface area contributed by atoms with E-state index in [4.69, 9.17) is 0 Å². The van der Waals surface area contributed by atoms with Gasteiger partial charge in [0.05, 0.1) is 4.05 Å². The molecule has 1 fully saturated rings. The van der Waals surface area contributed by atoms with Crippen LogP contribution in [0.1, 0.15) is 46.0 Å². The summed E-state index contributed by atoms with van der Waals surface area (Å²) in [7, 11) is 2.28. The number of rotatable bonds is 5. The monoisotopic (exact) mass is 324 g/mol. The zero-order chi connectivity index (χ0) is 11.3. The lowest BCUT2D eigenvalue weighted by molar-refractivity contribution is 0.174. The molecule has 0 amide bonds. The van der Waals surface area contributed by atoms with E-state index in [1.807, 2.05) is 0 Å². The van der Waals surface area contributed by atoms with Crippen molar-refractivity contribution in [3.63, 3.8) is 0 Å². The first-order valence-electron chi connectivity index (χ1n) is 6.23. The standard InChI is InChI=1S/C12H25IN2/c1-4-9-15(3)12-7-5-11(6-8-12)14-10(2)13/h10-12,14H,4-9H2,1-3H3. The van der Waals surface area contributed by atoms with Crippen LogP contribution in [0.5, 0.6) is 0 Å². The van der Waals surface area contributed by atoms with Crippen LogP contribution in [0.15, 0.2) is 0 Å². The molecule has 1 atom stereocenters. The highest BCUT2D eigenvalue weighted by Gasteiger charge is 2.23. The molecule has 15 heavy (non-hydrogen) atoms. The third-order valence-electron chi connectivity index (χ3n) is 3.36. The van der Waals surface area contributed by atoms with E-state index in [1.165, 1.54) is 38.6 Å². The molecular formula is C12H25IN2. The summed E-state index contributed by atoms with van der Waals surface area (Å²) in [6, 6.07) is 1.61. The van der Waals surface area contributed by atoms with Crippen molar-refractivity contribution in [1.82, 2.24) is 10.2 Å². The minimum absolute atomic E-state index is 0.609. The van der Waals surface area contributed by atoms with E-state index in [1.54, 1.807) is 0 Å². The van der Waals surface area contributed by atoms with Crippen molar-refractivity contribution >= 4 is 22.6 Å². The fourth-order valence-corrected chi connectivity index (χ4v) is 3.05. The molecule has 0 bridgehead atoms. The lowest BCUT2D eigenvalue weighted by atomic mass is 9.90. The summed E-state index contributed by atoms with van der Waals surface area (Å²) in [4.78, 5) is 2.55. The summed E-state index contributed by atoms with van der Waals surface area (Å²) < 4.78 is 0.609. The van der Waals surface area contributed by atoms with Gasteiger partial charge in [-0.1, -0.05) is 29.5 Å². The van der Waals surface area contributed by atoms with Crippen molar-refractivity contribution in [2.45, 2.75) is 62.1 Å². The van der Waals surface area contributed by atoms with Gasteiger partial charge in [0.15, 0.2) is 0 Å². The first kappa shape index (κ1) is 13.7. The largest absolute Gasteiger partial charge is 0.303 e. The Morgan fingerprint density at radius 3 is 2.40 bits per heavy atom. The molecule has 1 unspecified atom stereocenters. The first-order valence-corrected chi connectivity index (χ1v) is 7.48. The summed E-state index contributed by atoms with van der Waals surface area (Å²) in [5.41, 5.74) is 0. The summed E-state index contributed by atoms with van der Waals surface area (Å²) >= 11 is 2.46. The normalized spacial score (nSPS) is 29.4. The van der Waals surface area contributed by atoms with E-state index < -0.39 is 0 Å². The number of nitrogens with one attached hydrogen (secondary N) is 1. The second-order valence-electron chi connectivity index (χ2n) is 4.77. The minimum Gasteiger partial charge on any atom is -0.303 e. The van der Waals surface area contributed by atoms with E-state index in [0.29, 0.717) is 4.05 Å². The molecule has 1 N–H and O–H groups in total. The van der Waals surface area contributed by atoms with Gasteiger partial charge in [0.1, 0.15) is 0 Å². The van der Waals surface area contributed by atoms with Gasteiger partial charge >= 0.3 is 0 Å². The maximum absolute atomic E-state index is 3.64. The van der Waals surface area contributed by atoms with Crippen LogP contribution >= 0.6 is 22.6 Å². The summed E-state index contributed by atoms with van der Waals surface area (Å²) in [5.74, 6) is 0. The zero-order valence-corrected chi connectivity index (χ0v) is 12.5. The SMILES string of the molecule is CCCN(C)C1CCC(NC(C)I)CC1. The van der Waals surface area contributed by atoms with E-state index in [9.17, 15) is 0 Å². The highest BCUT2D eigenvalue weighted by molar-refractivity contribution is 14.1. The quantitative estimate of drug-likeness (QED) is 0.475. The summed E-state index contributed by atoms with van der Waals surface area (Å²) in [6.07, 6.45) is 6.73. The molecule has 0 saturated heterocycles. The van der Waals surface area contributed by atoms with E-state index >= 15 is 0 Å². The highest BCUT2D eigenvalue weighted by Crippen LogP contribution is 2.23. The number of nitrogens with zero attached hydrogens (tertiary/aromatic N) is 1. The Kier molecular flexibility index (Phi) is 6.46. The third kappa shape index (κ3) is 5.00. The van der Waals surface area contributed by atoms with Gasteiger partial charge in [0.2, 0.25) is 0 Å². The van der Waals surface area contributed by atoms with Gasteiger partial charge < -0.3 is 10.2 Å². The molecule has 90 valence electrons. The van der Waals surface area contributed by atoms with Crippen LogP contribution in [0.2, 0.25) is 0 Å². The van der Waals surface area contributed by atoms with Gasteiger partial charge in [0.25, 0.3) is 0 Å². The molecular weight excluding hydrogens is 299 g/mol. The van der Waals surface area contributed by atoms with Gasteiger partial charge in [-0.15, -0.1) is 0 Å². The summed E-state index contributed by atoms with van der Waals surface area (Å²) in [6.45, 7) is 5.75. The van der Waals surface area contributed by atoms with Crippen LogP contribution in [0.25, 0.3) is 0 Å². The first-order chi connectivity index (χ1) is 7.13. The van der Waals surface area contributed by atoms with Crippen LogP contribution in [0.3, 0.4) is 0 Å². The molecule has 0 aromatic carbocycles.